The van der Waals surface area contributed by atoms with Crippen LogP contribution in [0.4, 0.5) is 0 Å². The van der Waals surface area contributed by atoms with Crippen molar-refractivity contribution < 1.29 is 14.3 Å². The number of alkyl halides is 1. The van der Waals surface area contributed by atoms with Crippen LogP contribution in [0.1, 0.15) is 39.0 Å². The molecule has 0 aliphatic heterocycles. The molecule has 0 spiro atoms. The number of ketones is 1. The van der Waals surface area contributed by atoms with Crippen LogP contribution in [0.5, 0.6) is 0 Å². The molecule has 1 aliphatic rings. The van der Waals surface area contributed by atoms with Gasteiger partial charge in [-0.15, -0.1) is 11.6 Å². The first kappa shape index (κ1) is 14.2. The van der Waals surface area contributed by atoms with E-state index >= 15 is 0 Å². The standard InChI is InChI=1S/C13H19ClO3/c1-2-17-12(16)13(9-5-6-10-14)8-4-3-7-11(13)15/h5-6H,2-4,7-10H2,1H3/b6-5-. The van der Waals surface area contributed by atoms with Crippen LogP contribution in [0.15, 0.2) is 12.2 Å². The molecular weight excluding hydrogens is 240 g/mol. The summed E-state index contributed by atoms with van der Waals surface area (Å²) in [4.78, 5) is 24.1. The Balaban J connectivity index is 2.85. The summed E-state index contributed by atoms with van der Waals surface area (Å²) >= 11 is 5.55. The van der Waals surface area contributed by atoms with Crippen molar-refractivity contribution in [2.75, 3.05) is 12.5 Å². The van der Waals surface area contributed by atoms with Gasteiger partial charge in [-0.05, 0) is 26.2 Å². The number of carbonyl (C=O) groups is 2. The fraction of sp³-hybridized carbons (Fsp3) is 0.692. The van der Waals surface area contributed by atoms with Crippen molar-refractivity contribution >= 4 is 23.4 Å². The maximum atomic E-state index is 12.1. The molecule has 0 heterocycles. The van der Waals surface area contributed by atoms with Crippen LogP contribution in [0.25, 0.3) is 0 Å². The zero-order valence-corrected chi connectivity index (χ0v) is 11.0. The third kappa shape index (κ3) is 3.32. The van der Waals surface area contributed by atoms with Crippen LogP contribution in [0.3, 0.4) is 0 Å². The molecule has 0 aromatic carbocycles. The molecule has 1 rings (SSSR count). The summed E-state index contributed by atoms with van der Waals surface area (Å²) in [6.07, 6.45) is 6.85. The number of carbonyl (C=O) groups excluding carboxylic acids is 2. The molecule has 0 saturated heterocycles. The molecule has 0 amide bonds. The zero-order chi connectivity index (χ0) is 12.7. The van der Waals surface area contributed by atoms with E-state index in [0.29, 0.717) is 31.7 Å². The molecule has 3 nitrogen and oxygen atoms in total. The van der Waals surface area contributed by atoms with Gasteiger partial charge in [0.05, 0.1) is 6.61 Å². The van der Waals surface area contributed by atoms with Crippen molar-refractivity contribution in [2.24, 2.45) is 5.41 Å². The molecule has 0 aromatic rings. The van der Waals surface area contributed by atoms with Crippen molar-refractivity contribution in [3.05, 3.63) is 12.2 Å². The van der Waals surface area contributed by atoms with Gasteiger partial charge >= 0.3 is 5.97 Å². The van der Waals surface area contributed by atoms with E-state index in [2.05, 4.69) is 0 Å². The Kier molecular flexibility index (Phi) is 5.69. The summed E-state index contributed by atoms with van der Waals surface area (Å²) in [5.74, 6) is 0.0398. The number of hydrogen-bond donors (Lipinski definition) is 0. The number of rotatable bonds is 5. The second-order valence-corrected chi connectivity index (χ2v) is 4.57. The lowest BCUT2D eigenvalue weighted by molar-refractivity contribution is -0.162. The van der Waals surface area contributed by atoms with Crippen LogP contribution in [-0.2, 0) is 14.3 Å². The highest BCUT2D eigenvalue weighted by molar-refractivity contribution is 6.18. The van der Waals surface area contributed by atoms with Crippen LogP contribution in [-0.4, -0.2) is 24.2 Å². The van der Waals surface area contributed by atoms with E-state index in [0.717, 1.165) is 12.8 Å². The van der Waals surface area contributed by atoms with Crippen molar-refractivity contribution in [2.45, 2.75) is 39.0 Å². The maximum absolute atomic E-state index is 12.1. The fourth-order valence-corrected chi connectivity index (χ4v) is 2.35. The minimum absolute atomic E-state index is 0.0152. The zero-order valence-electron chi connectivity index (χ0n) is 10.2. The van der Waals surface area contributed by atoms with Crippen molar-refractivity contribution in [1.82, 2.24) is 0 Å². The number of Topliss-reactive ketones (excluding diaryl/α,β-unsaturated/α-hetero) is 1. The first-order valence-electron chi connectivity index (χ1n) is 6.09. The highest BCUT2D eigenvalue weighted by atomic mass is 35.5. The smallest absolute Gasteiger partial charge is 0.319 e. The molecule has 17 heavy (non-hydrogen) atoms. The summed E-state index contributed by atoms with van der Waals surface area (Å²) < 4.78 is 5.06. The summed E-state index contributed by atoms with van der Waals surface area (Å²) in [5, 5.41) is 0. The Morgan fingerprint density at radius 3 is 2.82 bits per heavy atom. The average molecular weight is 259 g/mol. The van der Waals surface area contributed by atoms with Gasteiger partial charge in [0.15, 0.2) is 0 Å². The average Bonchev–Trinajstić information content (AvgIpc) is 2.32. The predicted octanol–water partition coefficient (Wildman–Crippen LogP) is 2.86. The molecule has 1 unspecified atom stereocenters. The minimum atomic E-state index is -0.948. The Bertz CT molecular complexity index is 312. The third-order valence-electron chi connectivity index (χ3n) is 3.18. The molecule has 0 aromatic heterocycles. The van der Waals surface area contributed by atoms with Gasteiger partial charge in [-0.3, -0.25) is 9.59 Å². The predicted molar refractivity (Wildman–Crippen MR) is 67.0 cm³/mol. The molecule has 1 fully saturated rings. The minimum Gasteiger partial charge on any atom is -0.465 e. The van der Waals surface area contributed by atoms with E-state index in [1.807, 2.05) is 6.08 Å². The van der Waals surface area contributed by atoms with Gasteiger partial charge in [-0.2, -0.15) is 0 Å². The molecule has 4 heteroatoms. The Morgan fingerprint density at radius 2 is 2.24 bits per heavy atom. The van der Waals surface area contributed by atoms with E-state index in [4.69, 9.17) is 16.3 Å². The van der Waals surface area contributed by atoms with Crippen LogP contribution >= 0.6 is 11.6 Å². The molecule has 1 saturated carbocycles. The highest BCUT2D eigenvalue weighted by Crippen LogP contribution is 2.38. The van der Waals surface area contributed by atoms with E-state index < -0.39 is 5.41 Å². The van der Waals surface area contributed by atoms with Crippen LogP contribution in [0, 0.1) is 5.41 Å². The van der Waals surface area contributed by atoms with Gasteiger partial charge < -0.3 is 4.74 Å². The largest absolute Gasteiger partial charge is 0.465 e. The van der Waals surface area contributed by atoms with Gasteiger partial charge in [0.2, 0.25) is 0 Å². The molecule has 1 aliphatic carbocycles. The van der Waals surface area contributed by atoms with Gasteiger partial charge in [-0.1, -0.05) is 18.6 Å². The SMILES string of the molecule is CCOC(=O)C1(C/C=C\CCl)CCCCC1=O. The van der Waals surface area contributed by atoms with Gasteiger partial charge in [0.25, 0.3) is 0 Å². The van der Waals surface area contributed by atoms with Crippen molar-refractivity contribution in [1.29, 1.82) is 0 Å². The molecule has 0 N–H and O–H groups in total. The van der Waals surface area contributed by atoms with Gasteiger partial charge in [0, 0.05) is 12.3 Å². The quantitative estimate of drug-likeness (QED) is 0.330. The Morgan fingerprint density at radius 1 is 1.47 bits per heavy atom. The van der Waals surface area contributed by atoms with E-state index in [9.17, 15) is 9.59 Å². The van der Waals surface area contributed by atoms with Crippen LogP contribution in [0.2, 0.25) is 0 Å². The van der Waals surface area contributed by atoms with E-state index in [1.165, 1.54) is 0 Å². The highest BCUT2D eigenvalue weighted by Gasteiger charge is 2.46. The molecule has 1 atom stereocenters. The lowest BCUT2D eigenvalue weighted by Crippen LogP contribution is -2.42. The van der Waals surface area contributed by atoms with E-state index in [1.54, 1.807) is 13.0 Å². The van der Waals surface area contributed by atoms with Crippen LogP contribution < -0.4 is 0 Å². The summed E-state index contributed by atoms with van der Waals surface area (Å²) in [5.41, 5.74) is -0.948. The van der Waals surface area contributed by atoms with Crippen molar-refractivity contribution in [3.63, 3.8) is 0 Å². The number of hydrogen-bond acceptors (Lipinski definition) is 3. The fourth-order valence-electron chi connectivity index (χ4n) is 2.22. The Hall–Kier alpha value is -0.830. The first-order chi connectivity index (χ1) is 8.17. The summed E-state index contributed by atoms with van der Waals surface area (Å²) in [6.45, 7) is 2.07. The number of ether oxygens (including phenoxy) is 1. The second kappa shape index (κ2) is 6.80. The summed E-state index contributed by atoms with van der Waals surface area (Å²) in [6, 6.07) is 0. The number of allylic oxidation sites excluding steroid dienone is 2. The topological polar surface area (TPSA) is 43.4 Å². The second-order valence-electron chi connectivity index (χ2n) is 4.26. The monoisotopic (exact) mass is 258 g/mol. The molecular formula is C13H19ClO3. The number of halogens is 1. The van der Waals surface area contributed by atoms with Gasteiger partial charge in [-0.25, -0.2) is 0 Å². The van der Waals surface area contributed by atoms with Gasteiger partial charge in [0.1, 0.15) is 11.2 Å². The van der Waals surface area contributed by atoms with E-state index in [-0.39, 0.29) is 11.8 Å². The normalized spacial score (nSPS) is 25.2. The summed E-state index contributed by atoms with van der Waals surface area (Å²) in [7, 11) is 0. The molecule has 0 radical (unpaired) electrons. The lowest BCUT2D eigenvalue weighted by Gasteiger charge is -2.32. The number of esters is 1. The maximum Gasteiger partial charge on any atom is 0.319 e. The molecule has 0 bridgehead atoms. The molecule has 96 valence electrons. The first-order valence-corrected chi connectivity index (χ1v) is 6.62. The lowest BCUT2D eigenvalue weighted by atomic mass is 9.70. The Labute approximate surface area is 107 Å². The van der Waals surface area contributed by atoms with Crippen molar-refractivity contribution in [3.8, 4) is 0 Å². The third-order valence-corrected chi connectivity index (χ3v) is 3.36.